The molecule has 0 bridgehead atoms. The summed E-state index contributed by atoms with van der Waals surface area (Å²) < 4.78 is 6.27. The van der Waals surface area contributed by atoms with Crippen LogP contribution in [0.1, 0.15) is 49.0 Å². The maximum absolute atomic E-state index is 6.27. The highest BCUT2D eigenvalue weighted by Gasteiger charge is 2.27. The van der Waals surface area contributed by atoms with Crippen LogP contribution in [-0.2, 0) is 6.42 Å². The Morgan fingerprint density at radius 3 is 2.32 bits per heavy atom. The third-order valence-electron chi connectivity index (χ3n) is 5.11. The van der Waals surface area contributed by atoms with Crippen molar-refractivity contribution in [2.75, 3.05) is 0 Å². The van der Waals surface area contributed by atoms with E-state index in [0.717, 1.165) is 18.6 Å². The summed E-state index contributed by atoms with van der Waals surface area (Å²) in [5.41, 5.74) is 6.97. The van der Waals surface area contributed by atoms with Crippen molar-refractivity contribution < 1.29 is 4.74 Å². The Labute approximate surface area is 150 Å². The van der Waals surface area contributed by atoms with Gasteiger partial charge >= 0.3 is 0 Å². The van der Waals surface area contributed by atoms with Crippen LogP contribution in [0, 0.1) is 0 Å². The zero-order valence-corrected chi connectivity index (χ0v) is 14.9. The van der Waals surface area contributed by atoms with E-state index in [0.29, 0.717) is 5.92 Å². The van der Waals surface area contributed by atoms with Crippen molar-refractivity contribution in [1.29, 1.82) is 0 Å². The zero-order chi connectivity index (χ0) is 17.2. The first kappa shape index (κ1) is 16.0. The number of fused-ring (bicyclic) bond motifs is 1. The first-order chi connectivity index (χ1) is 12.2. The molecule has 126 valence electrons. The highest BCUT2D eigenvalue weighted by molar-refractivity contribution is 5.73. The van der Waals surface area contributed by atoms with Crippen LogP contribution >= 0.6 is 0 Å². The van der Waals surface area contributed by atoms with Crippen molar-refractivity contribution in [2.24, 2.45) is 0 Å². The van der Waals surface area contributed by atoms with Gasteiger partial charge in [-0.15, -0.1) is 0 Å². The van der Waals surface area contributed by atoms with Gasteiger partial charge in [0.1, 0.15) is 11.9 Å². The minimum Gasteiger partial charge on any atom is -0.486 e. The second kappa shape index (κ2) is 6.76. The van der Waals surface area contributed by atoms with Gasteiger partial charge in [-0.25, -0.2) is 0 Å². The van der Waals surface area contributed by atoms with E-state index in [4.69, 9.17) is 4.74 Å². The Balaban J connectivity index is 1.73. The maximum atomic E-state index is 6.27. The van der Waals surface area contributed by atoms with Crippen LogP contribution in [0.4, 0.5) is 0 Å². The Bertz CT molecular complexity index is 864. The quantitative estimate of drug-likeness (QED) is 0.528. The van der Waals surface area contributed by atoms with E-state index in [2.05, 4.69) is 56.3 Å². The number of benzene rings is 3. The topological polar surface area (TPSA) is 9.23 Å². The van der Waals surface area contributed by atoms with Crippen LogP contribution < -0.4 is 4.74 Å². The molecule has 25 heavy (non-hydrogen) atoms. The first-order valence-electron chi connectivity index (χ1n) is 9.17. The molecule has 0 radical (unpaired) electrons. The Morgan fingerprint density at radius 2 is 1.52 bits per heavy atom. The van der Waals surface area contributed by atoms with Crippen molar-refractivity contribution in [2.45, 2.75) is 38.7 Å². The van der Waals surface area contributed by atoms with Crippen molar-refractivity contribution in [3.8, 4) is 16.9 Å². The lowest BCUT2D eigenvalue weighted by molar-refractivity contribution is 0.207. The van der Waals surface area contributed by atoms with Gasteiger partial charge in [0.25, 0.3) is 0 Å². The van der Waals surface area contributed by atoms with E-state index < -0.39 is 0 Å². The van der Waals surface area contributed by atoms with Crippen molar-refractivity contribution >= 4 is 0 Å². The summed E-state index contributed by atoms with van der Waals surface area (Å²) in [6.45, 7) is 4.53. The molecule has 3 aromatic rings. The summed E-state index contributed by atoms with van der Waals surface area (Å²) in [5.74, 6) is 1.47. The summed E-state index contributed by atoms with van der Waals surface area (Å²) in [7, 11) is 0. The predicted octanol–water partition coefficient (Wildman–Crippen LogP) is 6.54. The lowest BCUT2D eigenvalue weighted by Gasteiger charge is -2.18. The fraction of sp³-hybridized carbons (Fsp3) is 0.250. The standard InChI is InChI=1S/C24H24O/c1-17(2)19-11-6-7-12-20(19)21-13-8-14-23-22(21)15-16-24(23)25-18-9-4-3-5-10-18/h3-14,17,24H,15-16H2,1-2H3/t24-/m1/s1. The second-order valence-electron chi connectivity index (χ2n) is 7.07. The van der Waals surface area contributed by atoms with E-state index in [9.17, 15) is 0 Å². The summed E-state index contributed by atoms with van der Waals surface area (Å²) in [6, 6.07) is 25.6. The van der Waals surface area contributed by atoms with Crippen LogP contribution in [-0.4, -0.2) is 0 Å². The van der Waals surface area contributed by atoms with E-state index in [-0.39, 0.29) is 6.10 Å². The van der Waals surface area contributed by atoms with Gasteiger partial charge in [-0.05, 0) is 58.7 Å². The van der Waals surface area contributed by atoms with Gasteiger partial charge in [-0.3, -0.25) is 0 Å². The molecule has 0 aliphatic heterocycles. The predicted molar refractivity (Wildman–Crippen MR) is 104 cm³/mol. The molecule has 1 atom stereocenters. The molecule has 1 aliphatic rings. The average Bonchev–Trinajstić information content (AvgIpc) is 3.05. The number of rotatable bonds is 4. The maximum Gasteiger partial charge on any atom is 0.124 e. The van der Waals surface area contributed by atoms with E-state index in [1.807, 2.05) is 30.3 Å². The van der Waals surface area contributed by atoms with Crippen molar-refractivity contribution in [3.05, 3.63) is 89.5 Å². The number of ether oxygens (including phenoxy) is 1. The molecule has 1 aliphatic carbocycles. The SMILES string of the molecule is CC(C)c1ccccc1-c1cccc2c1CC[C@H]2Oc1ccccc1. The zero-order valence-electron chi connectivity index (χ0n) is 14.9. The van der Waals surface area contributed by atoms with Gasteiger partial charge in [0.15, 0.2) is 0 Å². The highest BCUT2D eigenvalue weighted by atomic mass is 16.5. The third-order valence-corrected chi connectivity index (χ3v) is 5.11. The second-order valence-corrected chi connectivity index (χ2v) is 7.07. The number of hydrogen-bond donors (Lipinski definition) is 0. The van der Waals surface area contributed by atoms with Gasteiger partial charge in [0.05, 0.1) is 0 Å². The van der Waals surface area contributed by atoms with Gasteiger partial charge in [-0.1, -0.05) is 74.5 Å². The third kappa shape index (κ3) is 3.07. The van der Waals surface area contributed by atoms with Gasteiger partial charge < -0.3 is 4.74 Å². The fourth-order valence-corrected chi connectivity index (χ4v) is 3.90. The lowest BCUT2D eigenvalue weighted by atomic mass is 9.89. The Hall–Kier alpha value is -2.54. The van der Waals surface area contributed by atoms with Crippen LogP contribution in [0.2, 0.25) is 0 Å². The summed E-state index contributed by atoms with van der Waals surface area (Å²) in [4.78, 5) is 0. The first-order valence-corrected chi connectivity index (χ1v) is 9.17. The molecule has 0 heterocycles. The van der Waals surface area contributed by atoms with Crippen molar-refractivity contribution in [3.63, 3.8) is 0 Å². The molecule has 0 amide bonds. The number of hydrogen-bond acceptors (Lipinski definition) is 1. The molecule has 0 unspecified atom stereocenters. The highest BCUT2D eigenvalue weighted by Crippen LogP contribution is 2.41. The van der Waals surface area contributed by atoms with Crippen molar-refractivity contribution in [1.82, 2.24) is 0 Å². The smallest absolute Gasteiger partial charge is 0.124 e. The van der Waals surface area contributed by atoms with E-state index in [1.54, 1.807) is 0 Å². The molecule has 1 heteroatoms. The normalized spacial score (nSPS) is 16.0. The molecule has 0 saturated carbocycles. The lowest BCUT2D eigenvalue weighted by Crippen LogP contribution is -2.03. The number of para-hydroxylation sites is 1. The summed E-state index contributed by atoms with van der Waals surface area (Å²) in [6.07, 6.45) is 2.28. The molecule has 4 rings (SSSR count). The van der Waals surface area contributed by atoms with Crippen LogP contribution in [0.3, 0.4) is 0 Å². The molecule has 0 N–H and O–H groups in total. The minimum absolute atomic E-state index is 0.156. The van der Waals surface area contributed by atoms with E-state index >= 15 is 0 Å². The molecule has 3 aromatic carbocycles. The average molecular weight is 328 g/mol. The van der Waals surface area contributed by atoms with Crippen LogP contribution in [0.25, 0.3) is 11.1 Å². The molecule has 0 spiro atoms. The summed E-state index contributed by atoms with van der Waals surface area (Å²) in [5, 5.41) is 0. The molecular weight excluding hydrogens is 304 g/mol. The molecule has 0 saturated heterocycles. The Morgan fingerprint density at radius 1 is 0.800 bits per heavy atom. The van der Waals surface area contributed by atoms with Crippen LogP contribution in [0.15, 0.2) is 72.8 Å². The van der Waals surface area contributed by atoms with E-state index in [1.165, 1.54) is 27.8 Å². The van der Waals surface area contributed by atoms with Gasteiger partial charge in [0, 0.05) is 0 Å². The van der Waals surface area contributed by atoms with Gasteiger partial charge in [-0.2, -0.15) is 0 Å². The Kier molecular flexibility index (Phi) is 4.31. The largest absolute Gasteiger partial charge is 0.486 e. The molecule has 1 nitrogen and oxygen atoms in total. The molecule has 0 aromatic heterocycles. The molecule has 0 fully saturated rings. The van der Waals surface area contributed by atoms with Gasteiger partial charge in [0.2, 0.25) is 0 Å². The monoisotopic (exact) mass is 328 g/mol. The minimum atomic E-state index is 0.156. The van der Waals surface area contributed by atoms with Crippen LogP contribution in [0.5, 0.6) is 5.75 Å². The summed E-state index contributed by atoms with van der Waals surface area (Å²) >= 11 is 0. The fourth-order valence-electron chi connectivity index (χ4n) is 3.90. The molecular formula is C24H24O.